The lowest BCUT2D eigenvalue weighted by Crippen LogP contribution is -2.54. The summed E-state index contributed by atoms with van der Waals surface area (Å²) < 4.78 is 43.8. The Hall–Kier alpha value is -1.56. The summed E-state index contributed by atoms with van der Waals surface area (Å²) in [5.41, 5.74) is -3.49. The van der Waals surface area contributed by atoms with Gasteiger partial charge in [0.2, 0.25) is 0 Å². The van der Waals surface area contributed by atoms with E-state index >= 15 is 0 Å². The first-order chi connectivity index (χ1) is 28.0. The Kier molecular flexibility index (Phi) is 22.2. The van der Waals surface area contributed by atoms with Gasteiger partial charge in [0.1, 0.15) is 0 Å². The number of aliphatic hydroxyl groups excluding tert-OH is 1. The van der Waals surface area contributed by atoms with E-state index in [0.29, 0.717) is 84.3 Å². The van der Waals surface area contributed by atoms with E-state index < -0.39 is 27.4 Å². The van der Waals surface area contributed by atoms with Crippen LogP contribution in [0.3, 0.4) is 0 Å². The number of esters is 2. The monoisotopic (exact) mass is 869 g/mol. The summed E-state index contributed by atoms with van der Waals surface area (Å²) >= 11 is 0. The maximum absolute atomic E-state index is 14.1. The minimum Gasteiger partial charge on any atom is -0.465 e. The van der Waals surface area contributed by atoms with Crippen molar-refractivity contribution in [3.63, 3.8) is 0 Å². The average molecular weight is 869 g/mol. The van der Waals surface area contributed by atoms with Gasteiger partial charge in [-0.2, -0.15) is 0 Å². The predicted molar refractivity (Wildman–Crippen MR) is 248 cm³/mol. The fraction of sp³-hybridized carbons (Fsp3) is 0.922. The van der Waals surface area contributed by atoms with E-state index in [1.54, 1.807) is 0 Å². The van der Waals surface area contributed by atoms with Crippen LogP contribution in [0.25, 0.3) is 0 Å². The molecule has 360 valence electrons. The van der Waals surface area contributed by atoms with Crippen molar-refractivity contribution in [1.29, 1.82) is 0 Å². The number of aliphatic hydroxyl groups is 1. The van der Waals surface area contributed by atoms with E-state index in [0.717, 1.165) is 32.3 Å². The largest absolute Gasteiger partial charge is 0.465 e. The molecule has 61 heavy (non-hydrogen) atoms. The normalized spacial score (nSPS) is 20.8. The minimum atomic E-state index is -0.835. The van der Waals surface area contributed by atoms with Crippen molar-refractivity contribution in [3.05, 3.63) is 12.2 Å². The zero-order valence-electron chi connectivity index (χ0n) is 42.8. The first-order valence-electron chi connectivity index (χ1n) is 23.7. The van der Waals surface area contributed by atoms with Gasteiger partial charge in [-0.15, -0.1) is 0 Å². The summed E-state index contributed by atoms with van der Waals surface area (Å²) in [6, 6.07) is 0. The summed E-state index contributed by atoms with van der Waals surface area (Å²) in [5.74, 6) is -0.0211. The molecule has 0 bridgehead atoms. The molecule has 0 amide bonds. The van der Waals surface area contributed by atoms with Crippen LogP contribution in [-0.4, -0.2) is 99.9 Å². The lowest BCUT2D eigenvalue weighted by molar-refractivity contribution is -0.196. The van der Waals surface area contributed by atoms with Crippen molar-refractivity contribution < 1.29 is 47.9 Å². The fourth-order valence-electron chi connectivity index (χ4n) is 8.02. The molecule has 10 heteroatoms. The lowest BCUT2D eigenvalue weighted by Gasteiger charge is -2.47. The van der Waals surface area contributed by atoms with Gasteiger partial charge in [-0.05, 0) is 84.6 Å². The molecule has 0 aromatic carbocycles. The molecule has 0 aromatic heterocycles. The molecular formula is C51H96O10. The van der Waals surface area contributed by atoms with Crippen LogP contribution >= 0.6 is 0 Å². The highest BCUT2D eigenvalue weighted by atomic mass is 16.6. The van der Waals surface area contributed by atoms with Crippen molar-refractivity contribution in [1.82, 2.24) is 0 Å². The van der Waals surface area contributed by atoms with Gasteiger partial charge in [0.25, 0.3) is 0 Å². The van der Waals surface area contributed by atoms with Gasteiger partial charge in [-0.3, -0.25) is 9.59 Å². The maximum Gasteiger partial charge on any atom is 0.315 e. The molecule has 1 aliphatic carbocycles. The molecule has 5 unspecified atom stereocenters. The number of hydrogen-bond donors (Lipinski definition) is 1. The van der Waals surface area contributed by atoms with E-state index in [1.807, 2.05) is 69.2 Å². The van der Waals surface area contributed by atoms with Crippen molar-refractivity contribution in [2.45, 2.75) is 199 Å². The summed E-state index contributed by atoms with van der Waals surface area (Å²) in [4.78, 5) is 27.8. The standard InChI is InChI=1S/C51H96O10/c1-20-47(16,41(53)57-29-27-25-26-28-30-59-50(19)39(6)40(50)7)48(17,21-2)60-37-45(12,13)35-56-33-44(10,11)36-58-42(54)51(23-4,24-5)49(18,22-3)61-38-46(14,15)34-55-32-43(8,9)31-52/h40,52H,6,20-38H2,1-5,7-19H3. The van der Waals surface area contributed by atoms with Crippen molar-refractivity contribution in [3.8, 4) is 0 Å². The second-order valence-corrected chi connectivity index (χ2v) is 22.4. The Morgan fingerprint density at radius 3 is 1.41 bits per heavy atom. The van der Waals surface area contributed by atoms with Crippen molar-refractivity contribution in [2.24, 2.45) is 38.4 Å². The van der Waals surface area contributed by atoms with Crippen LogP contribution in [0.4, 0.5) is 0 Å². The Balaban J connectivity index is 2.73. The second kappa shape index (κ2) is 23.6. The third-order valence-electron chi connectivity index (χ3n) is 14.4. The van der Waals surface area contributed by atoms with Crippen LogP contribution in [0, 0.1) is 38.4 Å². The Labute approximate surface area is 374 Å². The molecule has 1 rings (SSSR count). The highest BCUT2D eigenvalue weighted by Crippen LogP contribution is 2.51. The van der Waals surface area contributed by atoms with E-state index in [9.17, 15) is 14.7 Å². The average Bonchev–Trinajstić information content (AvgIpc) is 3.68. The van der Waals surface area contributed by atoms with Crippen LogP contribution in [0.15, 0.2) is 12.2 Å². The highest BCUT2D eigenvalue weighted by molar-refractivity contribution is 5.78. The first kappa shape index (κ1) is 57.5. The molecule has 0 radical (unpaired) electrons. The smallest absolute Gasteiger partial charge is 0.315 e. The third-order valence-corrected chi connectivity index (χ3v) is 14.4. The number of carbonyl (C=O) groups excluding carboxylic acids is 2. The maximum atomic E-state index is 14.1. The number of ether oxygens (including phenoxy) is 7. The Morgan fingerprint density at radius 1 is 0.574 bits per heavy atom. The minimum absolute atomic E-state index is 0.0547. The van der Waals surface area contributed by atoms with Crippen LogP contribution in [0.2, 0.25) is 0 Å². The van der Waals surface area contributed by atoms with Gasteiger partial charge in [0.05, 0.1) is 87.1 Å². The summed E-state index contributed by atoms with van der Waals surface area (Å²) in [5, 5.41) is 9.61. The van der Waals surface area contributed by atoms with E-state index in [4.69, 9.17) is 33.2 Å². The van der Waals surface area contributed by atoms with Gasteiger partial charge < -0.3 is 38.3 Å². The molecule has 1 saturated carbocycles. The summed E-state index contributed by atoms with van der Waals surface area (Å²) in [7, 11) is 0. The zero-order valence-corrected chi connectivity index (χ0v) is 42.8. The summed E-state index contributed by atoms with van der Waals surface area (Å²) in [6.45, 7) is 45.0. The van der Waals surface area contributed by atoms with Crippen LogP contribution in [-0.2, 0) is 42.7 Å². The van der Waals surface area contributed by atoms with Gasteiger partial charge in [0.15, 0.2) is 0 Å². The molecule has 1 fully saturated rings. The number of hydrogen-bond acceptors (Lipinski definition) is 10. The Morgan fingerprint density at radius 2 is 1.00 bits per heavy atom. The fourth-order valence-corrected chi connectivity index (χ4v) is 8.02. The molecule has 0 aliphatic heterocycles. The SMILES string of the molecule is C=C1C(C)C1(C)OCCCCCCOC(=O)C(C)(CC)C(C)(CC)OCC(C)(C)COCC(C)(C)COC(=O)C(CC)(CC)C(C)(CC)OCC(C)(C)COCC(C)(C)CO. The molecule has 0 spiro atoms. The molecule has 1 N–H and O–H groups in total. The molecule has 0 saturated heterocycles. The quantitative estimate of drug-likeness (QED) is 0.0380. The van der Waals surface area contributed by atoms with E-state index in [2.05, 4.69) is 62.0 Å². The van der Waals surface area contributed by atoms with E-state index in [1.165, 1.54) is 5.57 Å². The molecule has 0 heterocycles. The molecule has 5 atom stereocenters. The van der Waals surface area contributed by atoms with Gasteiger partial charge in [0, 0.05) is 34.2 Å². The van der Waals surface area contributed by atoms with Crippen LogP contribution < -0.4 is 0 Å². The third kappa shape index (κ3) is 15.8. The number of carbonyl (C=O) groups is 2. The van der Waals surface area contributed by atoms with Crippen molar-refractivity contribution in [2.75, 3.05) is 66.1 Å². The van der Waals surface area contributed by atoms with E-state index in [-0.39, 0.29) is 47.0 Å². The summed E-state index contributed by atoms with van der Waals surface area (Å²) in [6.07, 6.45) is 6.88. The first-order valence-corrected chi connectivity index (χ1v) is 23.7. The molecule has 0 aromatic rings. The lowest BCUT2D eigenvalue weighted by atomic mass is 9.67. The zero-order chi connectivity index (χ0) is 47.2. The topological polar surface area (TPSA) is 119 Å². The van der Waals surface area contributed by atoms with Gasteiger partial charge in [-0.1, -0.05) is 110 Å². The number of rotatable bonds is 34. The predicted octanol–water partition coefficient (Wildman–Crippen LogP) is 11.3. The van der Waals surface area contributed by atoms with Gasteiger partial charge >= 0.3 is 11.9 Å². The molecule has 10 nitrogen and oxygen atoms in total. The second-order valence-electron chi connectivity index (χ2n) is 22.4. The Bertz CT molecular complexity index is 1350. The van der Waals surface area contributed by atoms with Crippen molar-refractivity contribution >= 4 is 11.9 Å². The van der Waals surface area contributed by atoms with Gasteiger partial charge in [-0.25, -0.2) is 0 Å². The van der Waals surface area contributed by atoms with Crippen LogP contribution in [0.5, 0.6) is 0 Å². The number of unbranched alkanes of at least 4 members (excludes halogenated alkanes) is 3. The highest BCUT2D eigenvalue weighted by Gasteiger charge is 2.54. The molecular weight excluding hydrogens is 773 g/mol. The molecule has 1 aliphatic rings. The van der Waals surface area contributed by atoms with Crippen LogP contribution in [0.1, 0.15) is 182 Å².